The average Bonchev–Trinajstić information content (AvgIpc) is 3.04. The van der Waals surface area contributed by atoms with Crippen molar-refractivity contribution in [2.45, 2.75) is 32.7 Å². The molecule has 26 heavy (non-hydrogen) atoms. The third kappa shape index (κ3) is 4.04. The monoisotopic (exact) mass is 352 g/mol. The molecule has 0 saturated heterocycles. The summed E-state index contributed by atoms with van der Waals surface area (Å²) in [5.41, 5.74) is 3.13. The summed E-state index contributed by atoms with van der Waals surface area (Å²) < 4.78 is 12.5. The van der Waals surface area contributed by atoms with Crippen molar-refractivity contribution >= 4 is 17.0 Å². The van der Waals surface area contributed by atoms with Crippen molar-refractivity contribution in [3.8, 4) is 17.1 Å². The molecule has 0 unspecified atom stereocenters. The molecular formula is C21H24N2O3. The number of methoxy groups -OCH3 is 1. The maximum Gasteiger partial charge on any atom is 0.305 e. The van der Waals surface area contributed by atoms with E-state index >= 15 is 0 Å². The van der Waals surface area contributed by atoms with Crippen LogP contribution in [0.3, 0.4) is 0 Å². The van der Waals surface area contributed by atoms with Gasteiger partial charge >= 0.3 is 5.97 Å². The van der Waals surface area contributed by atoms with Gasteiger partial charge in [-0.2, -0.15) is 0 Å². The highest BCUT2D eigenvalue weighted by Crippen LogP contribution is 2.27. The fourth-order valence-corrected chi connectivity index (χ4v) is 3.03. The number of nitrogens with zero attached hydrogens (tertiary/aromatic N) is 2. The Morgan fingerprint density at radius 3 is 2.58 bits per heavy atom. The summed E-state index contributed by atoms with van der Waals surface area (Å²) in [4.78, 5) is 16.3. The van der Waals surface area contributed by atoms with Gasteiger partial charge < -0.3 is 14.0 Å². The lowest BCUT2D eigenvalue weighted by atomic mass is 10.2. The number of carbonyl (C=O) groups is 1. The highest BCUT2D eigenvalue weighted by atomic mass is 16.5. The van der Waals surface area contributed by atoms with E-state index in [0.717, 1.165) is 47.6 Å². The molecule has 1 aromatic heterocycles. The Morgan fingerprint density at radius 2 is 1.85 bits per heavy atom. The highest BCUT2D eigenvalue weighted by Gasteiger charge is 2.12. The summed E-state index contributed by atoms with van der Waals surface area (Å²) in [6, 6.07) is 16.1. The Labute approximate surface area is 153 Å². The van der Waals surface area contributed by atoms with Crippen LogP contribution in [0.5, 0.6) is 5.75 Å². The van der Waals surface area contributed by atoms with Gasteiger partial charge in [-0.25, -0.2) is 4.98 Å². The quantitative estimate of drug-likeness (QED) is 0.444. The molecule has 0 aliphatic carbocycles. The summed E-state index contributed by atoms with van der Waals surface area (Å²) in [5.74, 6) is 1.63. The standard InChI is InChI=1S/C21H24N2O3/c1-3-26-20(24)10-6-7-15-23-19-9-5-4-8-18(19)22-21(23)16-11-13-17(25-2)14-12-16/h4-5,8-9,11-14H,3,6-7,10,15H2,1-2H3. The predicted octanol–water partition coefficient (Wildman–Crippen LogP) is 4.45. The van der Waals surface area contributed by atoms with E-state index in [1.807, 2.05) is 49.4 Å². The first-order valence-electron chi connectivity index (χ1n) is 8.98. The van der Waals surface area contributed by atoms with E-state index in [-0.39, 0.29) is 5.97 Å². The molecule has 0 saturated carbocycles. The summed E-state index contributed by atoms with van der Waals surface area (Å²) in [5, 5.41) is 0. The second-order valence-electron chi connectivity index (χ2n) is 6.07. The molecule has 3 rings (SSSR count). The van der Waals surface area contributed by atoms with Gasteiger partial charge in [0.1, 0.15) is 11.6 Å². The van der Waals surface area contributed by atoms with Gasteiger partial charge in [0.15, 0.2) is 0 Å². The topological polar surface area (TPSA) is 53.4 Å². The number of carbonyl (C=O) groups excluding carboxylic acids is 1. The van der Waals surface area contributed by atoms with Gasteiger partial charge in [0.25, 0.3) is 0 Å². The predicted molar refractivity (Wildman–Crippen MR) is 102 cm³/mol. The van der Waals surface area contributed by atoms with Crippen molar-refractivity contribution in [1.29, 1.82) is 0 Å². The normalized spacial score (nSPS) is 10.8. The van der Waals surface area contributed by atoms with Gasteiger partial charge in [-0.1, -0.05) is 12.1 Å². The van der Waals surface area contributed by atoms with Crippen molar-refractivity contribution in [1.82, 2.24) is 9.55 Å². The first-order valence-corrected chi connectivity index (χ1v) is 8.98. The number of aryl methyl sites for hydroxylation is 1. The Morgan fingerprint density at radius 1 is 1.08 bits per heavy atom. The van der Waals surface area contributed by atoms with E-state index in [1.165, 1.54) is 0 Å². The summed E-state index contributed by atoms with van der Waals surface area (Å²) >= 11 is 0. The van der Waals surface area contributed by atoms with Crippen LogP contribution in [0.4, 0.5) is 0 Å². The smallest absolute Gasteiger partial charge is 0.305 e. The largest absolute Gasteiger partial charge is 0.497 e. The van der Waals surface area contributed by atoms with Crippen LogP contribution in [0, 0.1) is 0 Å². The summed E-state index contributed by atoms with van der Waals surface area (Å²) in [6.07, 6.45) is 2.15. The van der Waals surface area contributed by atoms with Crippen LogP contribution in [0.15, 0.2) is 48.5 Å². The van der Waals surface area contributed by atoms with Gasteiger partial charge in [0, 0.05) is 18.5 Å². The minimum atomic E-state index is -0.127. The Bertz CT molecular complexity index is 869. The SMILES string of the molecule is CCOC(=O)CCCCn1c(-c2ccc(OC)cc2)nc2ccccc21. The highest BCUT2D eigenvalue weighted by molar-refractivity contribution is 5.80. The van der Waals surface area contributed by atoms with Crippen molar-refractivity contribution in [3.05, 3.63) is 48.5 Å². The molecular weight excluding hydrogens is 328 g/mol. The zero-order valence-electron chi connectivity index (χ0n) is 15.3. The number of aromatic nitrogens is 2. The fourth-order valence-electron chi connectivity index (χ4n) is 3.03. The first-order chi connectivity index (χ1) is 12.7. The third-order valence-electron chi connectivity index (χ3n) is 4.32. The van der Waals surface area contributed by atoms with Gasteiger partial charge in [-0.05, 0) is 56.2 Å². The number of hydrogen-bond donors (Lipinski definition) is 0. The second kappa shape index (κ2) is 8.52. The molecule has 0 aliphatic heterocycles. The number of imidazole rings is 1. The number of unbranched alkanes of at least 4 members (excludes halogenated alkanes) is 1. The molecule has 5 heteroatoms. The van der Waals surface area contributed by atoms with Crippen LogP contribution in [0.25, 0.3) is 22.4 Å². The molecule has 1 heterocycles. The van der Waals surface area contributed by atoms with Crippen LogP contribution in [-0.4, -0.2) is 29.2 Å². The number of ether oxygens (including phenoxy) is 2. The number of rotatable bonds is 8. The number of para-hydroxylation sites is 2. The molecule has 2 aromatic carbocycles. The Hall–Kier alpha value is -2.82. The minimum Gasteiger partial charge on any atom is -0.497 e. The van der Waals surface area contributed by atoms with Crippen molar-refractivity contribution in [3.63, 3.8) is 0 Å². The van der Waals surface area contributed by atoms with E-state index < -0.39 is 0 Å². The lowest BCUT2D eigenvalue weighted by molar-refractivity contribution is -0.143. The molecule has 0 atom stereocenters. The molecule has 0 fully saturated rings. The molecule has 0 amide bonds. The van der Waals surface area contributed by atoms with Crippen molar-refractivity contribution < 1.29 is 14.3 Å². The number of fused-ring (bicyclic) bond motifs is 1. The van der Waals surface area contributed by atoms with E-state index in [9.17, 15) is 4.79 Å². The number of hydrogen-bond acceptors (Lipinski definition) is 4. The van der Waals surface area contributed by atoms with Gasteiger partial charge in [0.05, 0.1) is 24.8 Å². The second-order valence-corrected chi connectivity index (χ2v) is 6.07. The van der Waals surface area contributed by atoms with Crippen LogP contribution in [0.1, 0.15) is 26.2 Å². The molecule has 0 aliphatic rings. The molecule has 3 aromatic rings. The zero-order chi connectivity index (χ0) is 18.4. The Balaban J connectivity index is 1.81. The minimum absolute atomic E-state index is 0.127. The maximum atomic E-state index is 11.5. The summed E-state index contributed by atoms with van der Waals surface area (Å²) in [6.45, 7) is 3.07. The van der Waals surface area contributed by atoms with Crippen molar-refractivity contribution in [2.24, 2.45) is 0 Å². The first kappa shape index (κ1) is 18.0. The van der Waals surface area contributed by atoms with E-state index in [2.05, 4.69) is 10.6 Å². The van der Waals surface area contributed by atoms with Crippen molar-refractivity contribution in [2.75, 3.05) is 13.7 Å². The molecule has 0 spiro atoms. The van der Waals surface area contributed by atoms with Gasteiger partial charge in [0.2, 0.25) is 0 Å². The third-order valence-corrected chi connectivity index (χ3v) is 4.32. The zero-order valence-corrected chi connectivity index (χ0v) is 15.3. The molecule has 0 radical (unpaired) electrons. The number of esters is 1. The van der Waals surface area contributed by atoms with E-state index in [0.29, 0.717) is 13.0 Å². The van der Waals surface area contributed by atoms with Crippen LogP contribution in [-0.2, 0) is 16.1 Å². The lowest BCUT2D eigenvalue weighted by Crippen LogP contribution is -2.05. The molecule has 5 nitrogen and oxygen atoms in total. The van der Waals surface area contributed by atoms with Gasteiger partial charge in [-0.15, -0.1) is 0 Å². The molecule has 136 valence electrons. The number of benzene rings is 2. The van der Waals surface area contributed by atoms with Crippen LogP contribution < -0.4 is 4.74 Å². The van der Waals surface area contributed by atoms with Gasteiger partial charge in [-0.3, -0.25) is 4.79 Å². The lowest BCUT2D eigenvalue weighted by Gasteiger charge is -2.10. The van der Waals surface area contributed by atoms with Crippen LogP contribution >= 0.6 is 0 Å². The molecule has 0 bridgehead atoms. The maximum absolute atomic E-state index is 11.5. The Kier molecular flexibility index (Phi) is 5.89. The van der Waals surface area contributed by atoms with E-state index in [4.69, 9.17) is 14.5 Å². The summed E-state index contributed by atoms with van der Waals surface area (Å²) in [7, 11) is 1.66. The van der Waals surface area contributed by atoms with E-state index in [1.54, 1.807) is 7.11 Å². The van der Waals surface area contributed by atoms with Crippen LogP contribution in [0.2, 0.25) is 0 Å². The fraction of sp³-hybridized carbons (Fsp3) is 0.333. The average molecular weight is 352 g/mol. The molecule has 0 N–H and O–H groups in total.